The number of anilines is 1. The summed E-state index contributed by atoms with van der Waals surface area (Å²) in [6, 6.07) is 10.6. The van der Waals surface area contributed by atoms with Crippen LogP contribution in [0.2, 0.25) is 5.02 Å². The van der Waals surface area contributed by atoms with Crippen LogP contribution in [0.25, 0.3) is 0 Å². The Morgan fingerprint density at radius 2 is 1.93 bits per heavy atom. The maximum atomic E-state index is 12.7. The van der Waals surface area contributed by atoms with E-state index in [1.807, 2.05) is 0 Å². The van der Waals surface area contributed by atoms with Gasteiger partial charge in [-0.25, -0.2) is 0 Å². The number of hydrogen-bond acceptors (Lipinski definition) is 6. The smallest absolute Gasteiger partial charge is 0.289 e. The molecule has 0 atom stereocenters. The number of halogens is 1. The van der Waals surface area contributed by atoms with Gasteiger partial charge in [0.1, 0.15) is 10.8 Å². The summed E-state index contributed by atoms with van der Waals surface area (Å²) in [4.78, 5) is 36.9. The van der Waals surface area contributed by atoms with Crippen LogP contribution in [0.1, 0.15) is 10.4 Å². The Kier molecular flexibility index (Phi) is 6.63. The van der Waals surface area contributed by atoms with Gasteiger partial charge in [-0.1, -0.05) is 23.7 Å². The topological polar surface area (TPSA) is 111 Å². The molecule has 1 aliphatic rings. The van der Waals surface area contributed by atoms with Gasteiger partial charge in [-0.3, -0.25) is 19.7 Å². The van der Waals surface area contributed by atoms with Gasteiger partial charge in [0.25, 0.3) is 17.5 Å². The quantitative estimate of drug-likeness (QED) is 0.569. The Hall–Kier alpha value is -3.17. The molecule has 10 heteroatoms. The summed E-state index contributed by atoms with van der Waals surface area (Å²) in [5, 5.41) is 13.4. The van der Waals surface area contributed by atoms with Crippen molar-refractivity contribution < 1.29 is 24.0 Å². The summed E-state index contributed by atoms with van der Waals surface area (Å²) in [6.45, 7) is 1.56. The molecule has 0 radical (unpaired) electrons. The van der Waals surface area contributed by atoms with E-state index < -0.39 is 10.8 Å². The average Bonchev–Trinajstić information content (AvgIpc) is 2.74. The third-order valence-corrected chi connectivity index (χ3v) is 4.52. The molecular weight excluding hydrogens is 402 g/mol. The molecule has 2 aromatic rings. The summed E-state index contributed by atoms with van der Waals surface area (Å²) in [7, 11) is 0. The number of nitro benzene ring substituents is 1. The molecule has 0 aromatic heterocycles. The predicted octanol–water partition coefficient (Wildman–Crippen LogP) is 2.74. The van der Waals surface area contributed by atoms with Gasteiger partial charge in [0, 0.05) is 24.8 Å². The second kappa shape index (κ2) is 9.35. The van der Waals surface area contributed by atoms with Crippen molar-refractivity contribution >= 4 is 34.8 Å². The van der Waals surface area contributed by atoms with E-state index in [2.05, 4.69) is 5.32 Å². The fourth-order valence-corrected chi connectivity index (χ4v) is 2.96. The lowest BCUT2D eigenvalue weighted by molar-refractivity contribution is -0.384. The molecule has 0 unspecified atom stereocenters. The lowest BCUT2D eigenvalue weighted by Crippen LogP contribution is -2.40. The van der Waals surface area contributed by atoms with Crippen molar-refractivity contribution in [3.8, 4) is 5.75 Å². The van der Waals surface area contributed by atoms with Crippen molar-refractivity contribution in [1.82, 2.24) is 4.90 Å². The van der Waals surface area contributed by atoms with E-state index >= 15 is 0 Å². The van der Waals surface area contributed by atoms with E-state index in [0.717, 1.165) is 6.07 Å². The van der Waals surface area contributed by atoms with Gasteiger partial charge in [0.05, 0.1) is 23.7 Å². The molecule has 3 rings (SSSR count). The number of para-hydroxylation sites is 1. The van der Waals surface area contributed by atoms with Gasteiger partial charge < -0.3 is 19.7 Å². The molecular formula is C19H18ClN3O6. The first-order chi connectivity index (χ1) is 14.0. The summed E-state index contributed by atoms with van der Waals surface area (Å²) in [5.74, 6) is -0.450. The van der Waals surface area contributed by atoms with Crippen LogP contribution < -0.4 is 10.1 Å². The number of benzene rings is 2. The number of nitrogens with zero attached hydrogens (tertiary/aromatic N) is 2. The maximum absolute atomic E-state index is 12.7. The summed E-state index contributed by atoms with van der Waals surface area (Å²) in [6.07, 6.45) is 0. The first-order valence-electron chi connectivity index (χ1n) is 8.78. The Labute approximate surface area is 171 Å². The third kappa shape index (κ3) is 5.21. The van der Waals surface area contributed by atoms with Crippen molar-refractivity contribution in [2.75, 3.05) is 38.2 Å². The monoisotopic (exact) mass is 419 g/mol. The van der Waals surface area contributed by atoms with Gasteiger partial charge >= 0.3 is 0 Å². The Morgan fingerprint density at radius 1 is 1.21 bits per heavy atom. The molecule has 1 fully saturated rings. The molecule has 2 amide bonds. The number of nitro groups is 1. The Bertz CT molecular complexity index is 930. The highest BCUT2D eigenvalue weighted by Gasteiger charge is 2.22. The molecule has 1 aliphatic heterocycles. The minimum absolute atomic E-state index is 0.0280. The van der Waals surface area contributed by atoms with E-state index in [-0.39, 0.29) is 34.7 Å². The van der Waals surface area contributed by atoms with Gasteiger partial charge in [-0.2, -0.15) is 0 Å². The molecule has 9 nitrogen and oxygen atoms in total. The highest BCUT2D eigenvalue weighted by molar-refractivity contribution is 6.32. The van der Waals surface area contributed by atoms with Crippen molar-refractivity contribution in [3.63, 3.8) is 0 Å². The minimum Gasteiger partial charge on any atom is -0.483 e. The van der Waals surface area contributed by atoms with Gasteiger partial charge in [0.2, 0.25) is 0 Å². The lowest BCUT2D eigenvalue weighted by Gasteiger charge is -2.27. The summed E-state index contributed by atoms with van der Waals surface area (Å²) in [5.41, 5.74) is 0.253. The van der Waals surface area contributed by atoms with Crippen LogP contribution in [0.15, 0.2) is 42.5 Å². The molecule has 0 spiro atoms. The Balaban J connectivity index is 1.64. The Morgan fingerprint density at radius 3 is 2.66 bits per heavy atom. The van der Waals surface area contributed by atoms with Crippen LogP contribution >= 0.6 is 11.6 Å². The molecule has 152 valence electrons. The van der Waals surface area contributed by atoms with Crippen LogP contribution in [0, 0.1) is 10.1 Å². The fourth-order valence-electron chi connectivity index (χ4n) is 2.78. The zero-order chi connectivity index (χ0) is 20.8. The number of hydrogen-bond donors (Lipinski definition) is 1. The normalized spacial score (nSPS) is 13.6. The molecule has 2 aromatic carbocycles. The molecule has 1 heterocycles. The van der Waals surface area contributed by atoms with Crippen molar-refractivity contribution in [1.29, 1.82) is 0 Å². The van der Waals surface area contributed by atoms with E-state index in [1.165, 1.54) is 12.1 Å². The molecule has 0 aliphatic carbocycles. The van der Waals surface area contributed by atoms with Crippen LogP contribution in [0.5, 0.6) is 5.75 Å². The highest BCUT2D eigenvalue weighted by Crippen LogP contribution is 2.27. The second-order valence-corrected chi connectivity index (χ2v) is 6.57. The van der Waals surface area contributed by atoms with E-state index in [1.54, 1.807) is 29.2 Å². The molecule has 1 N–H and O–H groups in total. The first-order valence-corrected chi connectivity index (χ1v) is 9.16. The molecule has 0 bridgehead atoms. The van der Waals surface area contributed by atoms with Crippen molar-refractivity contribution in [3.05, 3.63) is 63.2 Å². The number of nitrogens with one attached hydrogen (secondary N) is 1. The SMILES string of the molecule is O=C(COc1ccccc1C(=O)N1CCOCC1)Nc1ccc(Cl)c([N+](=O)[O-])c1. The van der Waals surface area contributed by atoms with Gasteiger partial charge in [0.15, 0.2) is 6.61 Å². The standard InChI is InChI=1S/C19H18ClN3O6/c20-15-6-5-13(11-16(15)23(26)27)21-18(24)12-29-17-4-2-1-3-14(17)19(25)22-7-9-28-10-8-22/h1-6,11H,7-10,12H2,(H,21,24). The lowest BCUT2D eigenvalue weighted by atomic mass is 10.1. The molecule has 29 heavy (non-hydrogen) atoms. The van der Waals surface area contributed by atoms with Gasteiger partial charge in [-0.15, -0.1) is 0 Å². The molecule has 1 saturated heterocycles. The first kappa shape index (κ1) is 20.6. The van der Waals surface area contributed by atoms with Crippen LogP contribution in [-0.2, 0) is 9.53 Å². The fraction of sp³-hybridized carbons (Fsp3) is 0.263. The highest BCUT2D eigenvalue weighted by atomic mass is 35.5. The van der Waals surface area contributed by atoms with Gasteiger partial charge in [-0.05, 0) is 24.3 Å². The zero-order valence-electron chi connectivity index (χ0n) is 15.3. The number of carbonyl (C=O) groups excluding carboxylic acids is 2. The summed E-state index contributed by atoms with van der Waals surface area (Å²) >= 11 is 5.76. The maximum Gasteiger partial charge on any atom is 0.289 e. The predicted molar refractivity (Wildman–Crippen MR) is 105 cm³/mol. The summed E-state index contributed by atoms with van der Waals surface area (Å²) < 4.78 is 10.8. The third-order valence-electron chi connectivity index (χ3n) is 4.20. The van der Waals surface area contributed by atoms with Crippen molar-refractivity contribution in [2.24, 2.45) is 0 Å². The average molecular weight is 420 g/mol. The van der Waals surface area contributed by atoms with Crippen LogP contribution in [-0.4, -0.2) is 54.5 Å². The minimum atomic E-state index is -0.637. The number of rotatable bonds is 6. The number of morpholine rings is 1. The second-order valence-electron chi connectivity index (χ2n) is 6.16. The zero-order valence-corrected chi connectivity index (χ0v) is 16.1. The van der Waals surface area contributed by atoms with E-state index in [0.29, 0.717) is 31.9 Å². The van der Waals surface area contributed by atoms with Crippen LogP contribution in [0.3, 0.4) is 0 Å². The largest absolute Gasteiger partial charge is 0.483 e. The number of amides is 2. The van der Waals surface area contributed by atoms with E-state index in [4.69, 9.17) is 21.1 Å². The van der Waals surface area contributed by atoms with Crippen LogP contribution in [0.4, 0.5) is 11.4 Å². The number of ether oxygens (including phenoxy) is 2. The van der Waals surface area contributed by atoms with Crippen molar-refractivity contribution in [2.45, 2.75) is 0 Å². The van der Waals surface area contributed by atoms with E-state index in [9.17, 15) is 19.7 Å². The molecule has 0 saturated carbocycles. The number of carbonyl (C=O) groups is 2.